The minimum absolute atomic E-state index is 0. The van der Waals surface area contributed by atoms with E-state index in [2.05, 4.69) is 0 Å². The first-order valence-corrected chi connectivity index (χ1v) is 1.84. The average Bonchev–Trinajstić information content (AvgIpc) is 0.811. The molecule has 4 nitrogen and oxygen atoms in total. The van der Waals surface area contributed by atoms with Crippen molar-refractivity contribution >= 4 is 19.3 Å². The van der Waals surface area contributed by atoms with Gasteiger partial charge in [-0.2, -0.15) is 0 Å². The Hall–Kier alpha value is 0.746. The van der Waals surface area contributed by atoms with Gasteiger partial charge in [0.2, 0.25) is 0 Å². The molecule has 0 spiro atoms. The molecule has 0 radical (unpaired) electrons. The van der Waals surface area contributed by atoms with E-state index in [1.165, 1.54) is 0 Å². The molecule has 0 aromatic carbocycles. The van der Waals surface area contributed by atoms with Crippen LogP contribution in [0.2, 0.25) is 0 Å². The summed E-state index contributed by atoms with van der Waals surface area (Å²) in [7, 11) is -3.63. The van der Waals surface area contributed by atoms with E-state index in [1.807, 2.05) is 0 Å². The molecule has 0 aromatic rings. The molecule has 0 rings (SSSR count). The SMILES string of the molecule is O=[Si]([O-])[O-].[Be+2].[Na+].[OH-]. The van der Waals surface area contributed by atoms with Crippen LogP contribution in [0.4, 0.5) is 0 Å². The van der Waals surface area contributed by atoms with Crippen LogP contribution in [0, 0.1) is 0 Å². The fourth-order valence-electron chi connectivity index (χ4n) is 0. The van der Waals surface area contributed by atoms with E-state index >= 15 is 0 Å². The van der Waals surface area contributed by atoms with Gasteiger partial charge in [-0.1, -0.05) is 0 Å². The van der Waals surface area contributed by atoms with Crippen molar-refractivity contribution in [1.29, 1.82) is 0 Å². The van der Waals surface area contributed by atoms with Gasteiger partial charge in [0.1, 0.15) is 0 Å². The molecule has 7 heteroatoms. The van der Waals surface area contributed by atoms with Crippen LogP contribution in [0.5, 0.6) is 0 Å². The maximum absolute atomic E-state index is 8.52. The zero-order chi connectivity index (χ0) is 3.58. The first kappa shape index (κ1) is 25.1. The first-order chi connectivity index (χ1) is 1.73. The monoisotopic (exact) mass is 125 g/mol. The summed E-state index contributed by atoms with van der Waals surface area (Å²) in [5.41, 5.74) is 0. The summed E-state index contributed by atoms with van der Waals surface area (Å²) < 4.78 is 8.52. The molecule has 0 aromatic heterocycles. The Balaban J connectivity index is -0.0000000150. The summed E-state index contributed by atoms with van der Waals surface area (Å²) in [5, 5.41) is 0. The van der Waals surface area contributed by atoms with Crippen molar-refractivity contribution in [1.82, 2.24) is 0 Å². The summed E-state index contributed by atoms with van der Waals surface area (Å²) >= 11 is 0. The molecule has 1 N–H and O–H groups in total. The maximum Gasteiger partial charge on any atom is 2.00 e. The second-order valence-electron chi connectivity index (χ2n) is 0.250. The Bertz CT molecular complexity index is 34.7. The van der Waals surface area contributed by atoms with Crippen molar-refractivity contribution in [3.05, 3.63) is 0 Å². The van der Waals surface area contributed by atoms with E-state index in [0.29, 0.717) is 0 Å². The van der Waals surface area contributed by atoms with Crippen LogP contribution in [0.25, 0.3) is 0 Å². The molecular weight excluding hydrogens is 124 g/mol. The molecule has 0 aliphatic heterocycles. The van der Waals surface area contributed by atoms with Gasteiger partial charge in [-0.3, -0.25) is 0 Å². The van der Waals surface area contributed by atoms with E-state index in [9.17, 15) is 0 Å². The molecule has 0 bridgehead atoms. The van der Waals surface area contributed by atoms with E-state index in [-0.39, 0.29) is 45.2 Å². The fraction of sp³-hybridized carbons (Fsp3) is 0. The largest absolute Gasteiger partial charge is 2.00 e. The molecule has 0 aliphatic rings. The zero-order valence-electron chi connectivity index (χ0n) is 3.88. The molecule has 0 heterocycles. The smallest absolute Gasteiger partial charge is 0.870 e. The third-order valence-corrected chi connectivity index (χ3v) is 0. The van der Waals surface area contributed by atoms with E-state index < -0.39 is 9.17 Å². The topological polar surface area (TPSA) is 93.2 Å². The van der Waals surface area contributed by atoms with Gasteiger partial charge in [0.05, 0.1) is 0 Å². The number of rotatable bonds is 0. The van der Waals surface area contributed by atoms with Crippen LogP contribution in [0.15, 0.2) is 0 Å². The molecule has 7 heavy (non-hydrogen) atoms. The summed E-state index contributed by atoms with van der Waals surface area (Å²) in [4.78, 5) is 17.0. The number of hydrogen-bond acceptors (Lipinski definition) is 4. The van der Waals surface area contributed by atoms with Gasteiger partial charge < -0.3 is 19.5 Å². The molecule has 32 valence electrons. The number of hydrogen-bond donors (Lipinski definition) is 0. The molecule has 0 amide bonds. The van der Waals surface area contributed by atoms with Crippen LogP contribution in [0.1, 0.15) is 0 Å². The second-order valence-corrected chi connectivity index (χ2v) is 0.750. The second kappa shape index (κ2) is 15.9. The van der Waals surface area contributed by atoms with Crippen molar-refractivity contribution in [3.63, 3.8) is 0 Å². The third-order valence-electron chi connectivity index (χ3n) is 0. The van der Waals surface area contributed by atoms with Crippen LogP contribution in [-0.4, -0.2) is 24.8 Å². The van der Waals surface area contributed by atoms with Gasteiger partial charge in [0.15, 0.2) is 0 Å². The quantitative estimate of drug-likeness (QED) is 0.301. The van der Waals surface area contributed by atoms with Crippen molar-refractivity contribution < 1.29 is 49.1 Å². The predicted octanol–water partition coefficient (Wildman–Crippen LogP) is -6.43. The van der Waals surface area contributed by atoms with Crippen molar-refractivity contribution in [2.45, 2.75) is 0 Å². The standard InChI is InChI=1S/Be.Na.O3Si.H2O/c;;1-4(2)3;/h;;;1H2/q+2;+1;-2;/p-1. The van der Waals surface area contributed by atoms with Gasteiger partial charge in [0, 0.05) is 9.17 Å². The maximum atomic E-state index is 8.52. The molecule has 0 unspecified atom stereocenters. The Labute approximate surface area is 68.3 Å². The summed E-state index contributed by atoms with van der Waals surface area (Å²) in [6.45, 7) is 0. The molecule has 0 fully saturated rings. The molecule has 0 atom stereocenters. The van der Waals surface area contributed by atoms with Crippen molar-refractivity contribution in [2.75, 3.05) is 0 Å². The van der Waals surface area contributed by atoms with Crippen molar-refractivity contribution in [2.24, 2.45) is 0 Å². The molecule has 0 aliphatic carbocycles. The van der Waals surface area contributed by atoms with Gasteiger partial charge >= 0.3 is 39.7 Å². The van der Waals surface area contributed by atoms with Gasteiger partial charge in [-0.05, 0) is 0 Å². The molecule has 0 saturated carbocycles. The van der Waals surface area contributed by atoms with E-state index in [0.717, 1.165) is 0 Å². The predicted molar refractivity (Wildman–Crippen MR) is 14.1 cm³/mol. The average molecular weight is 125 g/mol. The van der Waals surface area contributed by atoms with Gasteiger partial charge in [-0.25, -0.2) is 0 Å². The van der Waals surface area contributed by atoms with Crippen LogP contribution >= 0.6 is 0 Å². The summed E-state index contributed by atoms with van der Waals surface area (Å²) in [5.74, 6) is 0. The summed E-state index contributed by atoms with van der Waals surface area (Å²) in [6, 6.07) is 0. The third kappa shape index (κ3) is 273. The molecule has 0 saturated heterocycles. The minimum Gasteiger partial charge on any atom is -0.870 e. The summed E-state index contributed by atoms with van der Waals surface area (Å²) in [6.07, 6.45) is 0. The zero-order valence-corrected chi connectivity index (χ0v) is 6.88. The Morgan fingerprint density at radius 2 is 1.29 bits per heavy atom. The van der Waals surface area contributed by atoms with Gasteiger partial charge in [-0.15, -0.1) is 0 Å². The van der Waals surface area contributed by atoms with E-state index in [4.69, 9.17) is 14.1 Å². The molecular formula is HBeNaO4Si. The van der Waals surface area contributed by atoms with Crippen LogP contribution < -0.4 is 39.1 Å². The Morgan fingerprint density at radius 3 is 1.29 bits per heavy atom. The Morgan fingerprint density at radius 1 is 1.29 bits per heavy atom. The first-order valence-electron chi connectivity index (χ1n) is 0.612. The fourth-order valence-corrected chi connectivity index (χ4v) is 0. The van der Waals surface area contributed by atoms with Crippen LogP contribution in [-0.2, 0) is 4.46 Å². The van der Waals surface area contributed by atoms with Crippen LogP contribution in [0.3, 0.4) is 0 Å². The Kier molecular flexibility index (Phi) is 57.0. The van der Waals surface area contributed by atoms with Gasteiger partial charge in [0.25, 0.3) is 0 Å². The minimum atomic E-state index is -3.63. The van der Waals surface area contributed by atoms with E-state index in [1.54, 1.807) is 0 Å². The van der Waals surface area contributed by atoms with Crippen molar-refractivity contribution in [3.8, 4) is 0 Å². The normalized spacial score (nSPS) is 3.43.